The van der Waals surface area contributed by atoms with E-state index in [4.69, 9.17) is 16.7 Å². The molecule has 6 heteroatoms. The van der Waals surface area contributed by atoms with Gasteiger partial charge in [0.1, 0.15) is 6.10 Å². The molecule has 0 saturated heterocycles. The van der Waals surface area contributed by atoms with Gasteiger partial charge in [-0.15, -0.1) is 0 Å². The third kappa shape index (κ3) is 2.74. The fraction of sp³-hybridized carbons (Fsp3) is 0.300. The number of halogens is 4. The Bertz CT molecular complexity index is 413. The molecule has 0 radical (unpaired) electrons. The van der Waals surface area contributed by atoms with Gasteiger partial charge in [-0.2, -0.15) is 13.2 Å². The first-order valence-electron chi connectivity index (χ1n) is 4.32. The van der Waals surface area contributed by atoms with E-state index in [0.717, 1.165) is 12.1 Å². The number of ketones is 1. The van der Waals surface area contributed by atoms with Gasteiger partial charge < -0.3 is 5.11 Å². The molecule has 1 aromatic rings. The molecule has 1 atom stereocenters. The summed E-state index contributed by atoms with van der Waals surface area (Å²) >= 11 is 5.37. The van der Waals surface area contributed by atoms with Crippen LogP contribution in [0.5, 0.6) is 0 Å². The molecule has 0 saturated carbocycles. The monoisotopic (exact) mass is 252 g/mol. The number of hydrogen-bond acceptors (Lipinski definition) is 2. The van der Waals surface area contributed by atoms with Crippen molar-refractivity contribution in [1.82, 2.24) is 0 Å². The summed E-state index contributed by atoms with van der Waals surface area (Å²) in [4.78, 5) is 11.3. The molecule has 88 valence electrons. The van der Waals surface area contributed by atoms with Gasteiger partial charge >= 0.3 is 6.18 Å². The maximum atomic E-state index is 12.4. The van der Waals surface area contributed by atoms with E-state index >= 15 is 0 Å². The van der Waals surface area contributed by atoms with Crippen LogP contribution in [0.15, 0.2) is 18.2 Å². The van der Waals surface area contributed by atoms with E-state index in [1.807, 2.05) is 0 Å². The second-order valence-corrected chi connectivity index (χ2v) is 3.64. The molecular formula is C10H8ClF3O2. The smallest absolute Gasteiger partial charge is 0.385 e. The summed E-state index contributed by atoms with van der Waals surface area (Å²) in [7, 11) is 0. The Labute approximate surface area is 94.6 Å². The van der Waals surface area contributed by atoms with E-state index in [9.17, 15) is 18.0 Å². The Morgan fingerprint density at radius 2 is 2.00 bits per heavy atom. The number of aliphatic hydroxyl groups is 1. The standard InChI is InChI=1S/C10H8ClF3O2/c1-5(15)9(16)6-2-3-8(11)7(4-6)10(12,13)14/h2-5,15H,1H3/t5-/m0/s1. The average molecular weight is 253 g/mol. The third-order valence-electron chi connectivity index (χ3n) is 1.94. The van der Waals surface area contributed by atoms with Crippen molar-refractivity contribution < 1.29 is 23.1 Å². The summed E-state index contributed by atoms with van der Waals surface area (Å²) in [5.41, 5.74) is -1.30. The largest absolute Gasteiger partial charge is 0.417 e. The Balaban J connectivity index is 3.23. The van der Waals surface area contributed by atoms with Crippen LogP contribution < -0.4 is 0 Å². The van der Waals surface area contributed by atoms with Crippen LogP contribution in [-0.2, 0) is 6.18 Å². The zero-order valence-electron chi connectivity index (χ0n) is 8.18. The van der Waals surface area contributed by atoms with Gasteiger partial charge in [-0.05, 0) is 25.1 Å². The molecule has 0 aromatic heterocycles. The minimum Gasteiger partial charge on any atom is -0.385 e. The summed E-state index contributed by atoms with van der Waals surface area (Å²) in [5, 5.41) is 8.50. The fourth-order valence-corrected chi connectivity index (χ4v) is 1.36. The summed E-state index contributed by atoms with van der Waals surface area (Å²) in [6.45, 7) is 1.18. The molecule has 1 aromatic carbocycles. The third-order valence-corrected chi connectivity index (χ3v) is 2.27. The number of benzene rings is 1. The van der Waals surface area contributed by atoms with Crippen LogP contribution in [-0.4, -0.2) is 17.0 Å². The molecule has 0 aliphatic carbocycles. The van der Waals surface area contributed by atoms with E-state index in [1.165, 1.54) is 6.92 Å². The molecule has 0 fully saturated rings. The Kier molecular flexibility index (Phi) is 3.60. The lowest BCUT2D eigenvalue weighted by Gasteiger charge is -2.11. The lowest BCUT2D eigenvalue weighted by Crippen LogP contribution is -2.17. The quantitative estimate of drug-likeness (QED) is 0.822. The summed E-state index contributed by atoms with van der Waals surface area (Å²) in [5.74, 6) is -0.776. The van der Waals surface area contributed by atoms with Gasteiger partial charge in [-0.3, -0.25) is 4.79 Å². The molecule has 1 N–H and O–H groups in total. The number of carbonyl (C=O) groups excluding carboxylic acids is 1. The maximum Gasteiger partial charge on any atom is 0.417 e. The van der Waals surface area contributed by atoms with Crippen molar-refractivity contribution in [3.05, 3.63) is 34.3 Å². The van der Waals surface area contributed by atoms with Crippen LogP contribution in [0.25, 0.3) is 0 Å². The average Bonchev–Trinajstić information content (AvgIpc) is 2.15. The molecule has 0 unspecified atom stereocenters. The predicted molar refractivity (Wildman–Crippen MR) is 52.5 cm³/mol. The van der Waals surface area contributed by atoms with E-state index in [1.54, 1.807) is 0 Å². The number of aliphatic hydroxyl groups excluding tert-OH is 1. The number of alkyl halides is 3. The number of hydrogen-bond donors (Lipinski definition) is 1. The zero-order valence-corrected chi connectivity index (χ0v) is 8.93. The lowest BCUT2D eigenvalue weighted by atomic mass is 10.0. The van der Waals surface area contributed by atoms with Crippen molar-refractivity contribution in [3.8, 4) is 0 Å². The molecule has 0 amide bonds. The van der Waals surface area contributed by atoms with Crippen LogP contribution >= 0.6 is 11.6 Å². The Hall–Kier alpha value is -1.07. The maximum absolute atomic E-state index is 12.4. The van der Waals surface area contributed by atoms with Crippen LogP contribution in [0.1, 0.15) is 22.8 Å². The first-order valence-corrected chi connectivity index (χ1v) is 4.70. The minimum absolute atomic E-state index is 0.216. The van der Waals surface area contributed by atoms with Crippen LogP contribution in [0.2, 0.25) is 5.02 Å². The molecule has 0 bridgehead atoms. The van der Waals surface area contributed by atoms with Gasteiger partial charge in [-0.25, -0.2) is 0 Å². The molecule has 1 rings (SSSR count). The van der Waals surface area contributed by atoms with Crippen molar-refractivity contribution in [2.24, 2.45) is 0 Å². The van der Waals surface area contributed by atoms with Gasteiger partial charge in [-0.1, -0.05) is 11.6 Å². The van der Waals surface area contributed by atoms with Crippen LogP contribution in [0.4, 0.5) is 13.2 Å². The van der Waals surface area contributed by atoms with Gasteiger partial charge in [0, 0.05) is 5.56 Å². The van der Waals surface area contributed by atoms with Crippen LogP contribution in [0.3, 0.4) is 0 Å². The second kappa shape index (κ2) is 4.43. The zero-order chi connectivity index (χ0) is 12.5. The second-order valence-electron chi connectivity index (χ2n) is 3.23. The molecule has 0 spiro atoms. The lowest BCUT2D eigenvalue weighted by molar-refractivity contribution is -0.137. The van der Waals surface area contributed by atoms with E-state index in [-0.39, 0.29) is 5.56 Å². The van der Waals surface area contributed by atoms with Crippen molar-refractivity contribution in [3.63, 3.8) is 0 Å². The van der Waals surface area contributed by atoms with Gasteiger partial charge in [0.15, 0.2) is 5.78 Å². The highest BCUT2D eigenvalue weighted by atomic mass is 35.5. The highest BCUT2D eigenvalue weighted by Crippen LogP contribution is 2.35. The molecule has 0 aliphatic rings. The molecule has 0 aliphatic heterocycles. The molecule has 0 heterocycles. The highest BCUT2D eigenvalue weighted by Gasteiger charge is 2.34. The summed E-state index contributed by atoms with van der Waals surface area (Å²) in [6, 6.07) is 2.77. The Morgan fingerprint density at radius 3 is 2.44 bits per heavy atom. The van der Waals surface area contributed by atoms with Crippen molar-refractivity contribution in [1.29, 1.82) is 0 Å². The normalized spacial score (nSPS) is 13.6. The number of Topliss-reactive ketones (excluding diaryl/α,β-unsaturated/α-hetero) is 1. The van der Waals surface area contributed by atoms with Crippen molar-refractivity contribution >= 4 is 17.4 Å². The van der Waals surface area contributed by atoms with Crippen LogP contribution in [0, 0.1) is 0 Å². The topological polar surface area (TPSA) is 37.3 Å². The van der Waals surface area contributed by atoms with Crippen molar-refractivity contribution in [2.75, 3.05) is 0 Å². The molecular weight excluding hydrogens is 245 g/mol. The van der Waals surface area contributed by atoms with Crippen molar-refractivity contribution in [2.45, 2.75) is 19.2 Å². The highest BCUT2D eigenvalue weighted by molar-refractivity contribution is 6.31. The minimum atomic E-state index is -4.62. The number of rotatable bonds is 2. The van der Waals surface area contributed by atoms with E-state index in [2.05, 4.69) is 0 Å². The first-order chi connectivity index (χ1) is 7.23. The predicted octanol–water partition coefficient (Wildman–Crippen LogP) is 2.92. The van der Waals surface area contributed by atoms with E-state index < -0.39 is 28.6 Å². The molecule has 16 heavy (non-hydrogen) atoms. The van der Waals surface area contributed by atoms with Gasteiger partial charge in [0.25, 0.3) is 0 Å². The number of carbonyl (C=O) groups is 1. The Morgan fingerprint density at radius 1 is 1.44 bits per heavy atom. The van der Waals surface area contributed by atoms with Gasteiger partial charge in [0.2, 0.25) is 0 Å². The molecule has 2 nitrogen and oxygen atoms in total. The van der Waals surface area contributed by atoms with E-state index in [0.29, 0.717) is 6.07 Å². The SMILES string of the molecule is C[C@H](O)C(=O)c1ccc(Cl)c(C(F)(F)F)c1. The fourth-order valence-electron chi connectivity index (χ4n) is 1.14. The summed E-state index contributed by atoms with van der Waals surface area (Å²) < 4.78 is 37.3. The summed E-state index contributed by atoms with van der Waals surface area (Å²) in [6.07, 6.45) is -5.96. The van der Waals surface area contributed by atoms with Gasteiger partial charge in [0.05, 0.1) is 10.6 Å². The first kappa shape index (κ1) is 13.0.